The third-order valence-corrected chi connectivity index (χ3v) is 4.16. The molecule has 7 heteroatoms. The summed E-state index contributed by atoms with van der Waals surface area (Å²) in [6.07, 6.45) is 0.0451. The summed E-state index contributed by atoms with van der Waals surface area (Å²) in [5, 5.41) is 9.05. The minimum absolute atomic E-state index is 0.0451. The summed E-state index contributed by atoms with van der Waals surface area (Å²) in [6, 6.07) is 14.7. The van der Waals surface area contributed by atoms with Crippen LogP contribution in [0.15, 0.2) is 48.5 Å². The Hall–Kier alpha value is -3.06. The zero-order chi connectivity index (χ0) is 19.8. The van der Waals surface area contributed by atoms with Crippen molar-refractivity contribution < 1.29 is 24.2 Å². The van der Waals surface area contributed by atoms with Crippen LogP contribution in [0, 0.1) is 5.92 Å². The van der Waals surface area contributed by atoms with Gasteiger partial charge in [0.2, 0.25) is 5.91 Å². The van der Waals surface area contributed by atoms with Gasteiger partial charge in [0.25, 0.3) is 0 Å². The number of methoxy groups -OCH3 is 1. The number of carboxylic acids is 1. The van der Waals surface area contributed by atoms with Crippen LogP contribution in [0.25, 0.3) is 0 Å². The average Bonchev–Trinajstić information content (AvgIpc) is 3.10. The van der Waals surface area contributed by atoms with Crippen molar-refractivity contribution >= 4 is 17.6 Å². The number of nitrogens with two attached hydrogens (primary N) is 1. The average molecular weight is 372 g/mol. The molecule has 1 aliphatic rings. The Balaban J connectivity index is 0.00000126. The van der Waals surface area contributed by atoms with Gasteiger partial charge in [0.05, 0.1) is 13.0 Å². The molecule has 0 spiro atoms. The maximum absolute atomic E-state index is 12.0. The van der Waals surface area contributed by atoms with Gasteiger partial charge in [-0.15, -0.1) is 0 Å². The molecule has 7 nitrogen and oxygen atoms in total. The van der Waals surface area contributed by atoms with Crippen molar-refractivity contribution in [3.63, 3.8) is 0 Å². The summed E-state index contributed by atoms with van der Waals surface area (Å²) >= 11 is 0. The van der Waals surface area contributed by atoms with E-state index in [1.165, 1.54) is 11.9 Å². The number of anilines is 1. The summed E-state index contributed by atoms with van der Waals surface area (Å²) in [4.78, 5) is 24.5. The van der Waals surface area contributed by atoms with Crippen molar-refractivity contribution in [2.45, 2.75) is 13.0 Å². The van der Waals surface area contributed by atoms with Crippen LogP contribution in [0.3, 0.4) is 0 Å². The Morgan fingerprint density at radius 1 is 1.19 bits per heavy atom. The molecule has 1 aliphatic heterocycles. The van der Waals surface area contributed by atoms with E-state index < -0.39 is 11.9 Å². The van der Waals surface area contributed by atoms with E-state index in [2.05, 4.69) is 5.73 Å². The number of aliphatic carboxylic acids is 1. The molecule has 1 unspecified atom stereocenters. The lowest BCUT2D eigenvalue weighted by Crippen LogP contribution is -2.25. The van der Waals surface area contributed by atoms with Crippen molar-refractivity contribution in [2.75, 3.05) is 25.6 Å². The Morgan fingerprint density at radius 3 is 2.48 bits per heavy atom. The lowest BCUT2D eigenvalue weighted by atomic mass is 10.1. The third kappa shape index (κ3) is 5.21. The first-order chi connectivity index (χ1) is 13.1. The van der Waals surface area contributed by atoms with Crippen LogP contribution in [-0.2, 0) is 16.2 Å². The quantitative estimate of drug-likeness (QED) is 0.807. The molecule has 1 heterocycles. The fraction of sp³-hybridized carbons (Fsp3) is 0.300. The highest BCUT2D eigenvalue weighted by Crippen LogP contribution is 2.27. The van der Waals surface area contributed by atoms with Gasteiger partial charge in [-0.2, -0.15) is 0 Å². The summed E-state index contributed by atoms with van der Waals surface area (Å²) in [6.45, 7) is 0.610. The number of amides is 1. The van der Waals surface area contributed by atoms with E-state index in [1.807, 2.05) is 24.3 Å². The molecule has 27 heavy (non-hydrogen) atoms. The Labute approximate surface area is 158 Å². The highest BCUT2D eigenvalue weighted by Gasteiger charge is 2.34. The first-order valence-corrected chi connectivity index (χ1v) is 8.53. The van der Waals surface area contributed by atoms with Gasteiger partial charge < -0.3 is 25.2 Å². The van der Waals surface area contributed by atoms with E-state index in [4.69, 9.17) is 14.6 Å². The number of carbonyl (C=O) groups is 2. The van der Waals surface area contributed by atoms with Gasteiger partial charge in [0.1, 0.15) is 18.1 Å². The maximum atomic E-state index is 12.0. The molecule has 0 bridgehead atoms. The molecule has 1 saturated heterocycles. The molecule has 1 atom stereocenters. The Morgan fingerprint density at radius 2 is 1.89 bits per heavy atom. The highest BCUT2D eigenvalue weighted by atomic mass is 16.5. The van der Waals surface area contributed by atoms with E-state index in [9.17, 15) is 9.59 Å². The van der Waals surface area contributed by atoms with Crippen LogP contribution in [-0.4, -0.2) is 37.7 Å². The lowest BCUT2D eigenvalue weighted by molar-refractivity contribution is -0.141. The monoisotopic (exact) mass is 372 g/mol. The second-order valence-electron chi connectivity index (χ2n) is 5.88. The van der Waals surface area contributed by atoms with E-state index in [-0.39, 0.29) is 18.9 Å². The van der Waals surface area contributed by atoms with Gasteiger partial charge in [-0.25, -0.2) is 0 Å². The molecule has 0 aliphatic carbocycles. The van der Waals surface area contributed by atoms with Crippen molar-refractivity contribution in [3.8, 4) is 11.5 Å². The largest absolute Gasteiger partial charge is 0.497 e. The molecular formula is C20H24N2O5. The molecule has 144 valence electrons. The number of ether oxygens (including phenoxy) is 2. The van der Waals surface area contributed by atoms with Gasteiger partial charge in [-0.3, -0.25) is 9.59 Å². The van der Waals surface area contributed by atoms with Crippen LogP contribution < -0.4 is 20.1 Å². The number of benzene rings is 2. The van der Waals surface area contributed by atoms with Crippen LogP contribution >= 0.6 is 0 Å². The normalized spacial score (nSPS) is 15.7. The fourth-order valence-corrected chi connectivity index (χ4v) is 2.77. The highest BCUT2D eigenvalue weighted by molar-refractivity contribution is 5.99. The molecule has 1 amide bonds. The second kappa shape index (κ2) is 9.59. The summed E-state index contributed by atoms with van der Waals surface area (Å²) < 4.78 is 10.9. The fourth-order valence-electron chi connectivity index (χ4n) is 2.77. The molecule has 3 rings (SSSR count). The van der Waals surface area contributed by atoms with Gasteiger partial charge in [0, 0.05) is 18.7 Å². The maximum Gasteiger partial charge on any atom is 0.308 e. The summed E-state index contributed by atoms with van der Waals surface area (Å²) in [7, 11) is 3.12. The predicted octanol–water partition coefficient (Wildman–Crippen LogP) is 2.29. The zero-order valence-corrected chi connectivity index (χ0v) is 15.4. The molecule has 2 aromatic carbocycles. The van der Waals surface area contributed by atoms with E-state index in [0.29, 0.717) is 18.0 Å². The molecule has 1 fully saturated rings. The molecule has 0 saturated carbocycles. The molecule has 3 N–H and O–H groups in total. The van der Waals surface area contributed by atoms with Crippen molar-refractivity contribution in [1.82, 2.24) is 0 Å². The SMILES string of the molecule is CN.COc1cccc(COc2ccc(N3CC(C(=O)O)CC3=O)cc2)c1. The van der Waals surface area contributed by atoms with Gasteiger partial charge >= 0.3 is 5.97 Å². The number of hydrogen-bond acceptors (Lipinski definition) is 5. The number of carbonyl (C=O) groups excluding carboxylic acids is 1. The number of nitrogens with zero attached hydrogens (tertiary/aromatic N) is 1. The lowest BCUT2D eigenvalue weighted by Gasteiger charge is -2.16. The van der Waals surface area contributed by atoms with E-state index in [0.717, 1.165) is 11.3 Å². The first-order valence-electron chi connectivity index (χ1n) is 8.53. The minimum atomic E-state index is -0.936. The molecule has 0 aromatic heterocycles. The second-order valence-corrected chi connectivity index (χ2v) is 5.88. The van der Waals surface area contributed by atoms with Crippen molar-refractivity contribution in [2.24, 2.45) is 11.7 Å². The predicted molar refractivity (Wildman–Crippen MR) is 102 cm³/mol. The van der Waals surface area contributed by atoms with E-state index >= 15 is 0 Å². The Bertz CT molecular complexity index is 776. The number of carboxylic acid groups (broad SMARTS) is 1. The third-order valence-electron chi connectivity index (χ3n) is 4.16. The van der Waals surface area contributed by atoms with Crippen LogP contribution in [0.2, 0.25) is 0 Å². The first kappa shape index (κ1) is 20.3. The smallest absolute Gasteiger partial charge is 0.308 e. The molecule has 0 radical (unpaired) electrons. The zero-order valence-electron chi connectivity index (χ0n) is 15.4. The van der Waals surface area contributed by atoms with Crippen LogP contribution in [0.4, 0.5) is 5.69 Å². The molecule has 2 aromatic rings. The van der Waals surface area contributed by atoms with Crippen molar-refractivity contribution in [3.05, 3.63) is 54.1 Å². The van der Waals surface area contributed by atoms with Gasteiger partial charge in [-0.1, -0.05) is 12.1 Å². The van der Waals surface area contributed by atoms with Gasteiger partial charge in [-0.05, 0) is 49.0 Å². The number of hydrogen-bond donors (Lipinski definition) is 2. The van der Waals surface area contributed by atoms with Crippen molar-refractivity contribution in [1.29, 1.82) is 0 Å². The van der Waals surface area contributed by atoms with Crippen LogP contribution in [0.1, 0.15) is 12.0 Å². The van der Waals surface area contributed by atoms with E-state index in [1.54, 1.807) is 31.4 Å². The molecular weight excluding hydrogens is 348 g/mol. The number of rotatable bonds is 6. The topological polar surface area (TPSA) is 102 Å². The van der Waals surface area contributed by atoms with Gasteiger partial charge in [0.15, 0.2) is 0 Å². The standard InChI is InChI=1S/C19H19NO5.CH5N/c1-24-17-4-2-3-13(9-17)12-25-16-7-5-15(6-8-16)20-11-14(19(22)23)10-18(20)21;1-2/h2-9,14H,10-12H2,1H3,(H,22,23);2H2,1H3. The van der Waals surface area contributed by atoms with Crippen LogP contribution in [0.5, 0.6) is 11.5 Å². The minimum Gasteiger partial charge on any atom is -0.497 e. The summed E-state index contributed by atoms with van der Waals surface area (Å²) in [5.74, 6) is -0.298. The summed E-state index contributed by atoms with van der Waals surface area (Å²) in [5.41, 5.74) is 6.17. The Kier molecular flexibility index (Phi) is 7.19.